The Labute approximate surface area is 105 Å². The molecular formula is C14H25N3. The van der Waals surface area contributed by atoms with Crippen LogP contribution >= 0.6 is 0 Å². The van der Waals surface area contributed by atoms with E-state index in [1.54, 1.807) is 0 Å². The maximum atomic E-state index is 3.64. The van der Waals surface area contributed by atoms with Crippen LogP contribution in [0.1, 0.15) is 39.3 Å². The van der Waals surface area contributed by atoms with Crippen LogP contribution in [0.4, 0.5) is 0 Å². The standard InChI is InChI=1S/C14H25N3/c1-14(2,3)17-9-6-12(7-10-17)16-11-13-5-4-8-15-13/h4-5,8,12,15-16H,6-7,9-11H2,1-3H3. The average molecular weight is 235 g/mol. The van der Waals surface area contributed by atoms with Gasteiger partial charge in [-0.3, -0.25) is 4.90 Å². The minimum atomic E-state index is 0.324. The molecule has 2 rings (SSSR count). The molecule has 1 fully saturated rings. The molecule has 1 aromatic rings. The molecule has 3 heteroatoms. The number of aromatic amines is 1. The van der Waals surface area contributed by atoms with Crippen molar-refractivity contribution >= 4 is 0 Å². The van der Waals surface area contributed by atoms with Crippen molar-refractivity contribution in [2.75, 3.05) is 13.1 Å². The van der Waals surface area contributed by atoms with Crippen molar-refractivity contribution in [1.29, 1.82) is 0 Å². The zero-order valence-electron chi connectivity index (χ0n) is 11.3. The molecule has 0 unspecified atom stereocenters. The van der Waals surface area contributed by atoms with Gasteiger partial charge in [-0.2, -0.15) is 0 Å². The SMILES string of the molecule is CC(C)(C)N1CCC(NCc2ccc[nH]2)CC1. The van der Waals surface area contributed by atoms with Crippen LogP contribution < -0.4 is 5.32 Å². The second-order valence-corrected chi connectivity index (χ2v) is 6.01. The molecule has 1 saturated heterocycles. The van der Waals surface area contributed by atoms with Crippen LogP contribution in [-0.2, 0) is 6.54 Å². The minimum Gasteiger partial charge on any atom is -0.364 e. The Bertz CT molecular complexity index is 316. The van der Waals surface area contributed by atoms with Gasteiger partial charge in [-0.15, -0.1) is 0 Å². The summed E-state index contributed by atoms with van der Waals surface area (Å²) in [5.41, 5.74) is 1.60. The molecule has 0 atom stereocenters. The van der Waals surface area contributed by atoms with E-state index in [1.165, 1.54) is 31.6 Å². The highest BCUT2D eigenvalue weighted by Gasteiger charge is 2.26. The first-order valence-corrected chi connectivity index (χ1v) is 6.66. The van der Waals surface area contributed by atoms with Gasteiger partial charge in [0.15, 0.2) is 0 Å². The number of hydrogen-bond donors (Lipinski definition) is 2. The summed E-state index contributed by atoms with van der Waals surface area (Å²) in [7, 11) is 0. The Morgan fingerprint density at radius 1 is 1.35 bits per heavy atom. The molecule has 0 aliphatic carbocycles. The Kier molecular flexibility index (Phi) is 3.89. The second kappa shape index (κ2) is 5.23. The summed E-state index contributed by atoms with van der Waals surface area (Å²) < 4.78 is 0. The lowest BCUT2D eigenvalue weighted by atomic mass is 9.98. The zero-order valence-corrected chi connectivity index (χ0v) is 11.3. The van der Waals surface area contributed by atoms with E-state index in [4.69, 9.17) is 0 Å². The number of hydrogen-bond acceptors (Lipinski definition) is 2. The second-order valence-electron chi connectivity index (χ2n) is 6.01. The summed E-state index contributed by atoms with van der Waals surface area (Å²) in [6.45, 7) is 10.3. The fraction of sp³-hybridized carbons (Fsp3) is 0.714. The average Bonchev–Trinajstić information content (AvgIpc) is 2.78. The van der Waals surface area contributed by atoms with Crippen molar-refractivity contribution in [3.05, 3.63) is 24.0 Å². The molecule has 2 N–H and O–H groups in total. The van der Waals surface area contributed by atoms with Gasteiger partial charge in [-0.25, -0.2) is 0 Å². The molecule has 0 aromatic carbocycles. The van der Waals surface area contributed by atoms with Crippen LogP contribution in [0.25, 0.3) is 0 Å². The predicted molar refractivity (Wildman–Crippen MR) is 72.0 cm³/mol. The third-order valence-corrected chi connectivity index (χ3v) is 3.69. The molecule has 96 valence electrons. The van der Waals surface area contributed by atoms with Crippen LogP contribution in [0.2, 0.25) is 0 Å². The van der Waals surface area contributed by atoms with Gasteiger partial charge in [0.05, 0.1) is 0 Å². The quantitative estimate of drug-likeness (QED) is 0.842. The van der Waals surface area contributed by atoms with E-state index < -0.39 is 0 Å². The molecular weight excluding hydrogens is 210 g/mol. The van der Waals surface area contributed by atoms with Crippen LogP contribution in [0.15, 0.2) is 18.3 Å². The van der Waals surface area contributed by atoms with Gasteiger partial charge in [0.25, 0.3) is 0 Å². The van der Waals surface area contributed by atoms with Crippen molar-refractivity contribution in [2.24, 2.45) is 0 Å². The fourth-order valence-corrected chi connectivity index (χ4v) is 2.49. The molecule has 3 nitrogen and oxygen atoms in total. The summed E-state index contributed by atoms with van der Waals surface area (Å²) in [5, 5.41) is 3.64. The van der Waals surface area contributed by atoms with Gasteiger partial charge in [-0.1, -0.05) is 0 Å². The van der Waals surface area contributed by atoms with Gasteiger partial charge in [0.1, 0.15) is 0 Å². The first-order valence-electron chi connectivity index (χ1n) is 6.66. The normalized spacial score (nSPS) is 19.7. The number of nitrogens with zero attached hydrogens (tertiary/aromatic N) is 1. The summed E-state index contributed by atoms with van der Waals surface area (Å²) >= 11 is 0. The molecule has 0 radical (unpaired) electrons. The maximum Gasteiger partial charge on any atom is 0.0359 e. The molecule has 0 saturated carbocycles. The van der Waals surface area contributed by atoms with Crippen molar-refractivity contribution in [1.82, 2.24) is 15.2 Å². The minimum absolute atomic E-state index is 0.324. The van der Waals surface area contributed by atoms with E-state index in [0.717, 1.165) is 6.54 Å². The van der Waals surface area contributed by atoms with Crippen molar-refractivity contribution in [2.45, 2.75) is 51.7 Å². The largest absolute Gasteiger partial charge is 0.364 e. The van der Waals surface area contributed by atoms with Gasteiger partial charge in [0, 0.05) is 43.1 Å². The van der Waals surface area contributed by atoms with Crippen LogP contribution in [0.5, 0.6) is 0 Å². The van der Waals surface area contributed by atoms with Crippen LogP contribution in [0.3, 0.4) is 0 Å². The van der Waals surface area contributed by atoms with Gasteiger partial charge in [0.2, 0.25) is 0 Å². The molecule has 0 bridgehead atoms. The molecule has 0 amide bonds. The number of nitrogens with one attached hydrogen (secondary N) is 2. The molecule has 1 aliphatic rings. The lowest BCUT2D eigenvalue weighted by Crippen LogP contribution is -2.49. The van der Waals surface area contributed by atoms with E-state index >= 15 is 0 Å². The molecule has 0 spiro atoms. The number of likely N-dealkylation sites (tertiary alicyclic amines) is 1. The number of rotatable bonds is 3. The Balaban J connectivity index is 1.72. The smallest absolute Gasteiger partial charge is 0.0359 e. The molecule has 2 heterocycles. The predicted octanol–water partition coefficient (Wildman–Crippen LogP) is 2.37. The first kappa shape index (κ1) is 12.7. The number of piperidine rings is 1. The highest BCUT2D eigenvalue weighted by Crippen LogP contribution is 2.20. The van der Waals surface area contributed by atoms with Crippen molar-refractivity contribution in [3.63, 3.8) is 0 Å². The monoisotopic (exact) mass is 235 g/mol. The fourth-order valence-electron chi connectivity index (χ4n) is 2.49. The Morgan fingerprint density at radius 3 is 2.59 bits per heavy atom. The summed E-state index contributed by atoms with van der Waals surface area (Å²) in [4.78, 5) is 5.82. The summed E-state index contributed by atoms with van der Waals surface area (Å²) in [5.74, 6) is 0. The topological polar surface area (TPSA) is 31.1 Å². The molecule has 1 aromatic heterocycles. The lowest BCUT2D eigenvalue weighted by molar-refractivity contribution is 0.0959. The van der Waals surface area contributed by atoms with Gasteiger partial charge >= 0.3 is 0 Å². The Morgan fingerprint density at radius 2 is 2.06 bits per heavy atom. The lowest BCUT2D eigenvalue weighted by Gasteiger charge is -2.41. The van der Waals surface area contributed by atoms with E-state index in [9.17, 15) is 0 Å². The van der Waals surface area contributed by atoms with Crippen LogP contribution in [-0.4, -0.2) is 34.6 Å². The van der Waals surface area contributed by atoms with E-state index in [2.05, 4.69) is 48.1 Å². The summed E-state index contributed by atoms with van der Waals surface area (Å²) in [6, 6.07) is 4.87. The van der Waals surface area contributed by atoms with Crippen molar-refractivity contribution in [3.8, 4) is 0 Å². The first-order chi connectivity index (χ1) is 8.05. The third kappa shape index (κ3) is 3.58. The van der Waals surface area contributed by atoms with E-state index in [0.29, 0.717) is 11.6 Å². The van der Waals surface area contributed by atoms with E-state index in [1.807, 2.05) is 6.20 Å². The van der Waals surface area contributed by atoms with Crippen molar-refractivity contribution < 1.29 is 0 Å². The van der Waals surface area contributed by atoms with Gasteiger partial charge in [-0.05, 0) is 45.7 Å². The highest BCUT2D eigenvalue weighted by molar-refractivity contribution is 5.03. The molecule has 1 aliphatic heterocycles. The zero-order chi connectivity index (χ0) is 12.3. The highest BCUT2D eigenvalue weighted by atomic mass is 15.2. The van der Waals surface area contributed by atoms with Crippen LogP contribution in [0, 0.1) is 0 Å². The van der Waals surface area contributed by atoms with E-state index in [-0.39, 0.29) is 0 Å². The maximum absolute atomic E-state index is 3.64. The Hall–Kier alpha value is -0.800. The number of aromatic nitrogens is 1. The van der Waals surface area contributed by atoms with Gasteiger partial charge < -0.3 is 10.3 Å². The third-order valence-electron chi connectivity index (χ3n) is 3.69. The summed E-state index contributed by atoms with van der Waals surface area (Å²) in [6.07, 6.45) is 4.51. The molecule has 17 heavy (non-hydrogen) atoms. The number of H-pyrrole nitrogens is 1.